The molecule has 0 saturated carbocycles. The standard InChI is InChI=1S/C11H18F3N5O/c1-15-8(7-20-2)5-18-3-4-19-9(6-18)16-17-10(19)11(12,13)14/h8,15H,3-7H2,1-2H3. The highest BCUT2D eigenvalue weighted by Crippen LogP contribution is 2.29. The van der Waals surface area contributed by atoms with Gasteiger partial charge in [0.15, 0.2) is 0 Å². The van der Waals surface area contributed by atoms with E-state index in [1.807, 2.05) is 11.9 Å². The molecule has 0 aromatic carbocycles. The van der Waals surface area contributed by atoms with Gasteiger partial charge in [-0.25, -0.2) is 0 Å². The number of aromatic nitrogens is 3. The summed E-state index contributed by atoms with van der Waals surface area (Å²) in [5, 5.41) is 10.0. The van der Waals surface area contributed by atoms with Crippen molar-refractivity contribution in [1.82, 2.24) is 25.0 Å². The maximum Gasteiger partial charge on any atom is 0.451 e. The largest absolute Gasteiger partial charge is 0.451 e. The number of alkyl halides is 3. The van der Waals surface area contributed by atoms with E-state index >= 15 is 0 Å². The van der Waals surface area contributed by atoms with E-state index in [0.717, 1.165) is 4.57 Å². The molecule has 114 valence electrons. The van der Waals surface area contributed by atoms with Crippen LogP contribution in [0.15, 0.2) is 0 Å². The van der Waals surface area contributed by atoms with Gasteiger partial charge in [0.25, 0.3) is 0 Å². The topological polar surface area (TPSA) is 55.2 Å². The third-order valence-corrected chi connectivity index (χ3v) is 3.34. The van der Waals surface area contributed by atoms with Gasteiger partial charge in [0, 0.05) is 32.8 Å². The first kappa shape index (κ1) is 15.2. The average molecular weight is 293 g/mol. The van der Waals surface area contributed by atoms with Crippen molar-refractivity contribution in [2.45, 2.75) is 25.3 Å². The van der Waals surface area contributed by atoms with E-state index in [-0.39, 0.29) is 12.6 Å². The summed E-state index contributed by atoms with van der Waals surface area (Å²) >= 11 is 0. The highest BCUT2D eigenvalue weighted by Gasteiger charge is 2.39. The van der Waals surface area contributed by atoms with Gasteiger partial charge < -0.3 is 14.6 Å². The van der Waals surface area contributed by atoms with E-state index in [1.54, 1.807) is 7.11 Å². The average Bonchev–Trinajstić information content (AvgIpc) is 2.81. The molecular formula is C11H18F3N5O. The number of likely N-dealkylation sites (N-methyl/N-ethyl adjacent to an activating group) is 1. The van der Waals surface area contributed by atoms with Crippen molar-refractivity contribution in [3.63, 3.8) is 0 Å². The van der Waals surface area contributed by atoms with Crippen molar-refractivity contribution >= 4 is 0 Å². The number of ether oxygens (including phenoxy) is 1. The highest BCUT2D eigenvalue weighted by molar-refractivity contribution is 5.02. The molecule has 6 nitrogen and oxygen atoms in total. The summed E-state index contributed by atoms with van der Waals surface area (Å²) < 4.78 is 44.4. The predicted molar refractivity (Wildman–Crippen MR) is 65.0 cm³/mol. The van der Waals surface area contributed by atoms with E-state index in [2.05, 4.69) is 15.5 Å². The molecule has 0 saturated heterocycles. The van der Waals surface area contributed by atoms with E-state index in [1.165, 1.54) is 0 Å². The summed E-state index contributed by atoms with van der Waals surface area (Å²) in [5.74, 6) is -0.551. The second-order valence-corrected chi connectivity index (χ2v) is 4.77. The summed E-state index contributed by atoms with van der Waals surface area (Å²) in [6.07, 6.45) is -4.45. The van der Waals surface area contributed by atoms with Crippen LogP contribution < -0.4 is 5.32 Å². The Kier molecular flexibility index (Phi) is 4.61. The number of nitrogens with zero attached hydrogens (tertiary/aromatic N) is 4. The Hall–Kier alpha value is -1.19. The monoisotopic (exact) mass is 293 g/mol. The van der Waals surface area contributed by atoms with E-state index in [4.69, 9.17) is 4.74 Å². The SMILES string of the molecule is CNC(COC)CN1CCn2c(nnc2C(F)(F)F)C1. The van der Waals surface area contributed by atoms with Crippen LogP contribution >= 0.6 is 0 Å². The molecule has 1 unspecified atom stereocenters. The molecule has 0 aliphatic carbocycles. The molecule has 20 heavy (non-hydrogen) atoms. The first-order valence-corrected chi connectivity index (χ1v) is 6.33. The molecule has 0 bridgehead atoms. The molecule has 1 N–H and O–H groups in total. The Bertz CT molecular complexity index is 448. The highest BCUT2D eigenvalue weighted by atomic mass is 19.4. The maximum absolute atomic E-state index is 12.7. The Balaban J connectivity index is 2.03. The molecule has 1 atom stereocenters. The van der Waals surface area contributed by atoms with E-state index < -0.39 is 12.0 Å². The lowest BCUT2D eigenvalue weighted by atomic mass is 10.2. The molecule has 1 aliphatic rings. The Morgan fingerprint density at radius 3 is 2.70 bits per heavy atom. The number of hydrogen-bond acceptors (Lipinski definition) is 5. The van der Waals surface area contributed by atoms with Crippen LogP contribution in [0.3, 0.4) is 0 Å². The molecule has 0 radical (unpaired) electrons. The molecule has 9 heteroatoms. The van der Waals surface area contributed by atoms with Crippen LogP contribution in [0.1, 0.15) is 11.6 Å². The quantitative estimate of drug-likeness (QED) is 0.849. The van der Waals surface area contributed by atoms with Crippen molar-refractivity contribution in [3.8, 4) is 0 Å². The van der Waals surface area contributed by atoms with Gasteiger partial charge in [0.2, 0.25) is 5.82 Å². The lowest BCUT2D eigenvalue weighted by Gasteiger charge is -2.30. The Morgan fingerprint density at radius 2 is 2.10 bits per heavy atom. The lowest BCUT2D eigenvalue weighted by Crippen LogP contribution is -2.45. The van der Waals surface area contributed by atoms with Gasteiger partial charge in [-0.15, -0.1) is 10.2 Å². The van der Waals surface area contributed by atoms with Crippen LogP contribution in [-0.2, 0) is 24.0 Å². The third kappa shape index (κ3) is 3.28. The summed E-state index contributed by atoms with van der Waals surface area (Å²) in [7, 11) is 3.45. The van der Waals surface area contributed by atoms with Crippen molar-refractivity contribution in [1.29, 1.82) is 0 Å². The summed E-state index contributed by atoms with van der Waals surface area (Å²) in [5.41, 5.74) is 0. The molecule has 0 spiro atoms. The zero-order valence-corrected chi connectivity index (χ0v) is 11.4. The first-order valence-electron chi connectivity index (χ1n) is 6.33. The number of hydrogen-bond donors (Lipinski definition) is 1. The van der Waals surface area contributed by atoms with Crippen molar-refractivity contribution in [2.75, 3.05) is 33.9 Å². The fourth-order valence-corrected chi connectivity index (χ4v) is 2.31. The van der Waals surface area contributed by atoms with Crippen LogP contribution in [0.5, 0.6) is 0 Å². The molecular weight excluding hydrogens is 275 g/mol. The summed E-state index contributed by atoms with van der Waals surface area (Å²) in [6.45, 7) is 2.40. The van der Waals surface area contributed by atoms with Crippen LogP contribution in [0, 0.1) is 0 Å². The predicted octanol–water partition coefficient (Wildman–Crippen LogP) is 0.347. The van der Waals surface area contributed by atoms with Gasteiger partial charge in [-0.3, -0.25) is 4.90 Å². The smallest absolute Gasteiger partial charge is 0.383 e. The Morgan fingerprint density at radius 1 is 1.35 bits per heavy atom. The van der Waals surface area contributed by atoms with Gasteiger partial charge in [-0.1, -0.05) is 0 Å². The van der Waals surface area contributed by atoms with Gasteiger partial charge in [-0.05, 0) is 7.05 Å². The van der Waals surface area contributed by atoms with Crippen molar-refractivity contribution < 1.29 is 17.9 Å². The van der Waals surface area contributed by atoms with Crippen LogP contribution in [0.4, 0.5) is 13.2 Å². The zero-order valence-electron chi connectivity index (χ0n) is 11.4. The second kappa shape index (κ2) is 6.06. The minimum Gasteiger partial charge on any atom is -0.383 e. The van der Waals surface area contributed by atoms with Crippen LogP contribution in [0.25, 0.3) is 0 Å². The molecule has 2 heterocycles. The van der Waals surface area contributed by atoms with Gasteiger partial charge >= 0.3 is 6.18 Å². The first-order chi connectivity index (χ1) is 9.45. The van der Waals surface area contributed by atoms with E-state index in [0.29, 0.717) is 32.1 Å². The van der Waals surface area contributed by atoms with Crippen molar-refractivity contribution in [3.05, 3.63) is 11.6 Å². The minimum atomic E-state index is -4.45. The fourth-order valence-electron chi connectivity index (χ4n) is 2.31. The fraction of sp³-hybridized carbons (Fsp3) is 0.818. The second-order valence-electron chi connectivity index (χ2n) is 4.77. The lowest BCUT2D eigenvalue weighted by molar-refractivity contribution is -0.148. The summed E-state index contributed by atoms with van der Waals surface area (Å²) in [4.78, 5) is 2.05. The summed E-state index contributed by atoms with van der Waals surface area (Å²) in [6, 6.07) is 0.136. The minimum absolute atomic E-state index is 0.136. The van der Waals surface area contributed by atoms with Crippen molar-refractivity contribution in [2.24, 2.45) is 0 Å². The molecule has 2 rings (SSSR count). The number of fused-ring (bicyclic) bond motifs is 1. The van der Waals surface area contributed by atoms with Crippen LogP contribution in [0.2, 0.25) is 0 Å². The third-order valence-electron chi connectivity index (χ3n) is 3.34. The zero-order chi connectivity index (χ0) is 14.8. The van der Waals surface area contributed by atoms with Gasteiger partial charge in [-0.2, -0.15) is 13.2 Å². The molecule has 0 amide bonds. The van der Waals surface area contributed by atoms with Crippen LogP contribution in [-0.4, -0.2) is 59.6 Å². The normalized spacial score (nSPS) is 18.1. The number of nitrogens with one attached hydrogen (secondary N) is 1. The Labute approximate surface area is 114 Å². The molecule has 1 aromatic heterocycles. The number of rotatable bonds is 5. The van der Waals surface area contributed by atoms with Gasteiger partial charge in [0.1, 0.15) is 5.82 Å². The molecule has 1 aliphatic heterocycles. The molecule has 0 fully saturated rings. The maximum atomic E-state index is 12.7. The number of methoxy groups -OCH3 is 1. The molecule has 1 aromatic rings. The van der Waals surface area contributed by atoms with E-state index in [9.17, 15) is 13.2 Å². The number of halogens is 3. The van der Waals surface area contributed by atoms with Gasteiger partial charge in [0.05, 0.1) is 13.2 Å².